The molecule has 1 unspecified atom stereocenters. The van der Waals surface area contributed by atoms with Gasteiger partial charge < -0.3 is 10.8 Å². The molecule has 7 heteroatoms. The first-order valence-corrected chi connectivity index (χ1v) is 5.99. The van der Waals surface area contributed by atoms with E-state index in [4.69, 9.17) is 10.8 Å². The maximum Gasteiger partial charge on any atom is 0.317 e. The highest BCUT2D eigenvalue weighted by Crippen LogP contribution is 2.24. The minimum atomic E-state index is -0.849. The molecule has 0 aliphatic carbocycles. The molecule has 2 aromatic rings. The summed E-state index contributed by atoms with van der Waals surface area (Å²) in [5.74, 6) is -0.849. The predicted molar refractivity (Wildman–Crippen MR) is 65.0 cm³/mol. The number of carboxylic acid groups (broad SMARTS) is 1. The minimum Gasteiger partial charge on any atom is -0.480 e. The number of nitrogens with two attached hydrogens (primary N) is 1. The van der Waals surface area contributed by atoms with Crippen LogP contribution < -0.4 is 5.73 Å². The van der Waals surface area contributed by atoms with Crippen molar-refractivity contribution in [1.82, 2.24) is 14.6 Å². The third kappa shape index (κ3) is 2.33. The SMILES string of the molecule is CCC(Sc1nnc2ccc(N)cn12)C(=O)O. The highest BCUT2D eigenvalue weighted by molar-refractivity contribution is 8.00. The zero-order valence-electron chi connectivity index (χ0n) is 9.20. The summed E-state index contributed by atoms with van der Waals surface area (Å²) < 4.78 is 1.70. The molecule has 2 heterocycles. The summed E-state index contributed by atoms with van der Waals surface area (Å²) in [6.45, 7) is 1.82. The molecule has 6 nitrogen and oxygen atoms in total. The number of aliphatic carboxylic acids is 1. The van der Waals surface area contributed by atoms with Gasteiger partial charge in [-0.05, 0) is 18.6 Å². The van der Waals surface area contributed by atoms with Crippen LogP contribution in [0.2, 0.25) is 0 Å². The number of carbonyl (C=O) groups is 1. The molecular formula is C10H12N4O2S. The van der Waals surface area contributed by atoms with E-state index in [1.807, 2.05) is 6.92 Å². The van der Waals surface area contributed by atoms with Gasteiger partial charge in [-0.3, -0.25) is 9.20 Å². The van der Waals surface area contributed by atoms with E-state index in [1.165, 1.54) is 11.8 Å². The zero-order chi connectivity index (χ0) is 12.4. The van der Waals surface area contributed by atoms with Crippen LogP contribution in [0.15, 0.2) is 23.5 Å². The quantitative estimate of drug-likeness (QED) is 0.796. The van der Waals surface area contributed by atoms with Gasteiger partial charge in [-0.1, -0.05) is 18.7 Å². The van der Waals surface area contributed by atoms with E-state index >= 15 is 0 Å². The standard InChI is InChI=1S/C10H12N4O2S/c1-2-7(9(15)16)17-10-13-12-8-4-3-6(11)5-14(8)10/h3-5,7H,2,11H2,1H3,(H,15,16). The van der Waals surface area contributed by atoms with Crippen LogP contribution in [0.3, 0.4) is 0 Å². The Morgan fingerprint density at radius 2 is 2.35 bits per heavy atom. The molecule has 0 aromatic carbocycles. The molecule has 0 fully saturated rings. The molecule has 0 radical (unpaired) electrons. The van der Waals surface area contributed by atoms with Crippen molar-refractivity contribution < 1.29 is 9.90 Å². The third-order valence-corrected chi connectivity index (χ3v) is 3.60. The van der Waals surface area contributed by atoms with Gasteiger partial charge in [0, 0.05) is 11.9 Å². The Bertz CT molecular complexity index is 554. The Morgan fingerprint density at radius 1 is 1.59 bits per heavy atom. The van der Waals surface area contributed by atoms with Gasteiger partial charge in [0.2, 0.25) is 0 Å². The van der Waals surface area contributed by atoms with Crippen LogP contribution in [0.25, 0.3) is 5.65 Å². The van der Waals surface area contributed by atoms with Crippen molar-refractivity contribution in [3.8, 4) is 0 Å². The topological polar surface area (TPSA) is 93.5 Å². The molecule has 0 spiro atoms. The van der Waals surface area contributed by atoms with Crippen LogP contribution in [0.1, 0.15) is 13.3 Å². The monoisotopic (exact) mass is 252 g/mol. The fraction of sp³-hybridized carbons (Fsp3) is 0.300. The number of anilines is 1. The predicted octanol–water partition coefficient (Wildman–Crippen LogP) is 1.27. The first-order chi connectivity index (χ1) is 8.11. The molecule has 0 aliphatic heterocycles. The lowest BCUT2D eigenvalue weighted by Crippen LogP contribution is -2.15. The highest BCUT2D eigenvalue weighted by atomic mass is 32.2. The van der Waals surface area contributed by atoms with Gasteiger partial charge in [0.15, 0.2) is 10.8 Å². The number of fused-ring (bicyclic) bond motifs is 1. The largest absolute Gasteiger partial charge is 0.480 e. The second kappa shape index (κ2) is 4.62. The summed E-state index contributed by atoms with van der Waals surface area (Å²) in [4.78, 5) is 11.0. The number of rotatable bonds is 4. The van der Waals surface area contributed by atoms with Gasteiger partial charge >= 0.3 is 5.97 Å². The molecule has 3 N–H and O–H groups in total. The number of aromatic nitrogens is 3. The van der Waals surface area contributed by atoms with Crippen LogP contribution in [-0.4, -0.2) is 30.9 Å². The molecule has 17 heavy (non-hydrogen) atoms. The fourth-order valence-corrected chi connectivity index (χ4v) is 2.27. The summed E-state index contributed by atoms with van der Waals surface area (Å²) in [6.07, 6.45) is 2.21. The molecule has 2 aromatic heterocycles. The first-order valence-electron chi connectivity index (χ1n) is 5.11. The number of pyridine rings is 1. The van der Waals surface area contributed by atoms with Crippen molar-refractivity contribution in [3.63, 3.8) is 0 Å². The molecule has 0 saturated carbocycles. The number of nitrogen functional groups attached to an aromatic ring is 1. The number of carboxylic acids is 1. The van der Waals surface area contributed by atoms with Gasteiger partial charge in [-0.15, -0.1) is 10.2 Å². The Labute approximate surface area is 102 Å². The van der Waals surface area contributed by atoms with Crippen LogP contribution in [-0.2, 0) is 4.79 Å². The maximum atomic E-state index is 11.0. The third-order valence-electron chi connectivity index (χ3n) is 2.29. The molecule has 1 atom stereocenters. The highest BCUT2D eigenvalue weighted by Gasteiger charge is 2.19. The smallest absolute Gasteiger partial charge is 0.317 e. The van der Waals surface area contributed by atoms with Gasteiger partial charge in [0.05, 0.1) is 0 Å². The van der Waals surface area contributed by atoms with E-state index in [-0.39, 0.29) is 0 Å². The van der Waals surface area contributed by atoms with Crippen molar-refractivity contribution in [2.45, 2.75) is 23.8 Å². The second-order valence-corrected chi connectivity index (χ2v) is 4.70. The van der Waals surface area contributed by atoms with Crippen molar-refractivity contribution in [3.05, 3.63) is 18.3 Å². The molecule has 0 saturated heterocycles. The molecule has 0 bridgehead atoms. The Morgan fingerprint density at radius 3 is 3.00 bits per heavy atom. The molecular weight excluding hydrogens is 240 g/mol. The van der Waals surface area contributed by atoms with E-state index in [0.29, 0.717) is 22.9 Å². The zero-order valence-corrected chi connectivity index (χ0v) is 10.0. The summed E-state index contributed by atoms with van der Waals surface area (Å²) >= 11 is 1.18. The Balaban J connectivity index is 2.35. The number of thioether (sulfide) groups is 1. The summed E-state index contributed by atoms with van der Waals surface area (Å²) in [5.41, 5.74) is 6.91. The number of hydrogen-bond donors (Lipinski definition) is 2. The van der Waals surface area contributed by atoms with Crippen molar-refractivity contribution >= 4 is 29.1 Å². The van der Waals surface area contributed by atoms with E-state index in [0.717, 1.165) is 0 Å². The van der Waals surface area contributed by atoms with Gasteiger partial charge in [-0.2, -0.15) is 0 Å². The number of nitrogens with zero attached hydrogens (tertiary/aromatic N) is 3. The lowest BCUT2D eigenvalue weighted by molar-refractivity contribution is -0.136. The molecule has 0 aliphatic rings. The van der Waals surface area contributed by atoms with E-state index in [9.17, 15) is 4.79 Å². The Kier molecular flexibility index (Phi) is 3.19. The molecule has 2 rings (SSSR count). The summed E-state index contributed by atoms with van der Waals surface area (Å²) in [5, 5.41) is 16.9. The lowest BCUT2D eigenvalue weighted by Gasteiger charge is -2.07. The molecule has 0 amide bonds. The number of hydrogen-bond acceptors (Lipinski definition) is 5. The first kappa shape index (κ1) is 11.7. The van der Waals surface area contributed by atoms with Crippen LogP contribution in [0.5, 0.6) is 0 Å². The summed E-state index contributed by atoms with van der Waals surface area (Å²) in [7, 11) is 0. The van der Waals surface area contributed by atoms with Crippen LogP contribution >= 0.6 is 11.8 Å². The normalized spacial score (nSPS) is 12.8. The van der Waals surface area contributed by atoms with Gasteiger partial charge in [0.1, 0.15) is 5.25 Å². The average molecular weight is 252 g/mol. The van der Waals surface area contributed by atoms with Gasteiger partial charge in [-0.25, -0.2) is 0 Å². The summed E-state index contributed by atoms with van der Waals surface area (Å²) in [6, 6.07) is 3.47. The van der Waals surface area contributed by atoms with E-state index < -0.39 is 11.2 Å². The fourth-order valence-electron chi connectivity index (χ4n) is 1.40. The molecule has 90 valence electrons. The average Bonchev–Trinajstić information content (AvgIpc) is 2.68. The Hall–Kier alpha value is -1.76. The minimum absolute atomic E-state index is 0.524. The van der Waals surface area contributed by atoms with E-state index in [1.54, 1.807) is 22.7 Å². The van der Waals surface area contributed by atoms with Crippen LogP contribution in [0, 0.1) is 0 Å². The van der Waals surface area contributed by atoms with Crippen molar-refractivity contribution in [2.24, 2.45) is 0 Å². The maximum absolute atomic E-state index is 11.0. The van der Waals surface area contributed by atoms with Gasteiger partial charge in [0.25, 0.3) is 0 Å². The van der Waals surface area contributed by atoms with E-state index in [2.05, 4.69) is 10.2 Å². The van der Waals surface area contributed by atoms with Crippen LogP contribution in [0.4, 0.5) is 5.69 Å². The lowest BCUT2D eigenvalue weighted by atomic mass is 10.3. The van der Waals surface area contributed by atoms with Crippen molar-refractivity contribution in [1.29, 1.82) is 0 Å². The second-order valence-electron chi connectivity index (χ2n) is 3.53. The van der Waals surface area contributed by atoms with Crippen molar-refractivity contribution in [2.75, 3.05) is 5.73 Å².